The fraction of sp³-hybridized carbons (Fsp3) is 0.340. The van der Waals surface area contributed by atoms with E-state index in [0.717, 1.165) is 24.2 Å². The summed E-state index contributed by atoms with van der Waals surface area (Å²) >= 11 is 12.7. The van der Waals surface area contributed by atoms with E-state index in [1.165, 1.54) is 12.1 Å². The molecular weight excluding hydrogens is 880 g/mol. The van der Waals surface area contributed by atoms with Crippen LogP contribution in [0.2, 0.25) is 10.0 Å². The van der Waals surface area contributed by atoms with Gasteiger partial charge in [-0.05, 0) is 85.0 Å². The van der Waals surface area contributed by atoms with E-state index in [4.69, 9.17) is 27.9 Å². The SMILES string of the molecule is O=C1CCC(N2C(=O)c3cccc(NCCOCCNC(=O)c4ccc(NC(=O)[C@@H]5NC6(CCCCC6)[C@@]6(C(=O)Nc7cc(Cl)ccc76)[C@H]5c5cccc(Cl)c5F)cc4)c3C2=O)C(=O)N1. The zero-order chi connectivity index (χ0) is 45.6. The van der Waals surface area contributed by atoms with Crippen molar-refractivity contribution in [3.05, 3.63) is 123 Å². The number of ether oxygens (including phenoxy) is 1. The van der Waals surface area contributed by atoms with Crippen LogP contribution in [0, 0.1) is 5.82 Å². The van der Waals surface area contributed by atoms with Gasteiger partial charge in [0.1, 0.15) is 17.3 Å². The maximum Gasteiger partial charge on any atom is 0.264 e. The van der Waals surface area contributed by atoms with Gasteiger partial charge in [-0.15, -0.1) is 0 Å². The van der Waals surface area contributed by atoms with Crippen molar-refractivity contribution < 1.29 is 42.7 Å². The van der Waals surface area contributed by atoms with Crippen LogP contribution in [-0.4, -0.2) is 90.2 Å². The molecule has 3 fully saturated rings. The number of rotatable bonds is 12. The monoisotopic (exact) mass is 923 g/mol. The number of hydrogen-bond donors (Lipinski definition) is 6. The van der Waals surface area contributed by atoms with Crippen molar-refractivity contribution in [2.75, 3.05) is 42.3 Å². The highest BCUT2D eigenvalue weighted by molar-refractivity contribution is 6.31. The molecule has 7 amide bonds. The largest absolute Gasteiger partial charge is 0.382 e. The van der Waals surface area contributed by atoms with E-state index in [-0.39, 0.29) is 72.7 Å². The second kappa shape index (κ2) is 17.6. The molecular formula is C47H44Cl2FN7O8. The van der Waals surface area contributed by atoms with E-state index in [0.29, 0.717) is 46.1 Å². The van der Waals surface area contributed by atoms with Gasteiger partial charge < -0.3 is 26.0 Å². The third-order valence-corrected chi connectivity index (χ3v) is 13.8. The summed E-state index contributed by atoms with van der Waals surface area (Å²) in [5.74, 6) is -5.27. The van der Waals surface area contributed by atoms with E-state index in [9.17, 15) is 33.6 Å². The molecule has 4 aromatic rings. The summed E-state index contributed by atoms with van der Waals surface area (Å²) in [7, 11) is 0. The Labute approximate surface area is 382 Å². The molecule has 65 heavy (non-hydrogen) atoms. The minimum Gasteiger partial charge on any atom is -0.382 e. The summed E-state index contributed by atoms with van der Waals surface area (Å²) in [6.45, 7) is 0.797. The lowest BCUT2D eigenvalue weighted by Crippen LogP contribution is -2.60. The van der Waals surface area contributed by atoms with Crippen molar-refractivity contribution in [3.8, 4) is 0 Å². The fourth-order valence-electron chi connectivity index (χ4n) is 10.5. The zero-order valence-corrected chi connectivity index (χ0v) is 36.4. The third-order valence-electron chi connectivity index (χ3n) is 13.3. The highest BCUT2D eigenvalue weighted by Crippen LogP contribution is 2.63. The minimum atomic E-state index is -1.38. The van der Waals surface area contributed by atoms with Crippen LogP contribution >= 0.6 is 23.2 Å². The number of halogens is 3. The standard InChI is InChI=1S/C47H44Cl2FN7O8/c48-26-12-15-30-33(24-26)54-45(64)47(30)37(29-7-4-8-31(49)38(29)50)39(56-46(47)18-2-1-3-19-46)42(61)53-27-13-10-25(11-14-27)40(59)52-21-23-65-22-20-51-32-9-5-6-28-36(32)44(63)57(43(28)62)34-16-17-35(58)55-41(34)60/h4-15,24,34,37,39,51,56H,1-3,16-23H2,(H,52,59)(H,53,61)(H,54,64)(H,55,58,60)/t34?,37-,39+,47+/m0/s1. The Morgan fingerprint density at radius 3 is 2.38 bits per heavy atom. The summed E-state index contributed by atoms with van der Waals surface area (Å²) in [4.78, 5) is 93.6. The molecule has 4 atom stereocenters. The third kappa shape index (κ3) is 7.61. The second-order valence-corrected chi connectivity index (χ2v) is 17.7. The Hall–Kier alpha value is -6.20. The lowest BCUT2D eigenvalue weighted by Gasteiger charge is -2.47. The predicted octanol–water partition coefficient (Wildman–Crippen LogP) is 5.68. The average Bonchev–Trinajstić information content (AvgIpc) is 3.85. The lowest BCUT2D eigenvalue weighted by atomic mass is 9.55. The average molecular weight is 925 g/mol. The number of fused-ring (bicyclic) bond motifs is 4. The van der Waals surface area contributed by atoms with Crippen molar-refractivity contribution >= 4 is 81.6 Å². The van der Waals surface area contributed by atoms with E-state index < -0.39 is 64.3 Å². The number of amides is 7. The fourth-order valence-corrected chi connectivity index (χ4v) is 10.9. The number of piperidine rings is 1. The van der Waals surface area contributed by atoms with Crippen LogP contribution in [0.4, 0.5) is 21.5 Å². The summed E-state index contributed by atoms with van der Waals surface area (Å²) < 4.78 is 21.9. The van der Waals surface area contributed by atoms with Gasteiger partial charge in [-0.2, -0.15) is 0 Å². The first-order chi connectivity index (χ1) is 31.3. The van der Waals surface area contributed by atoms with Crippen molar-refractivity contribution in [2.24, 2.45) is 0 Å². The Balaban J connectivity index is 0.817. The first kappa shape index (κ1) is 44.0. The summed E-state index contributed by atoms with van der Waals surface area (Å²) in [5, 5.41) is 18.0. The molecule has 15 nitrogen and oxygen atoms in total. The number of imide groups is 2. The molecule has 0 bridgehead atoms. The van der Waals surface area contributed by atoms with Crippen molar-refractivity contribution in [1.82, 2.24) is 20.9 Å². The Morgan fingerprint density at radius 1 is 0.862 bits per heavy atom. The first-order valence-electron chi connectivity index (χ1n) is 21.5. The Kier molecular flexibility index (Phi) is 12.0. The number of carbonyl (C=O) groups is 7. The number of anilines is 3. The lowest BCUT2D eigenvalue weighted by molar-refractivity contribution is -0.136. The van der Waals surface area contributed by atoms with Crippen LogP contribution in [0.1, 0.15) is 93.1 Å². The minimum absolute atomic E-state index is 0.0218. The van der Waals surface area contributed by atoms with Gasteiger partial charge in [0, 0.05) is 58.6 Å². The zero-order valence-electron chi connectivity index (χ0n) is 34.9. The molecule has 0 aromatic heterocycles. The van der Waals surface area contributed by atoms with Gasteiger partial charge in [-0.25, -0.2) is 4.39 Å². The smallest absolute Gasteiger partial charge is 0.264 e. The van der Waals surface area contributed by atoms with E-state index in [1.807, 2.05) is 0 Å². The quantitative estimate of drug-likeness (QED) is 0.0758. The topological polar surface area (TPSA) is 204 Å². The Morgan fingerprint density at radius 2 is 1.62 bits per heavy atom. The molecule has 18 heteroatoms. The molecule has 1 aliphatic carbocycles. The molecule has 5 aliphatic rings. The van der Waals surface area contributed by atoms with Gasteiger partial charge in [0.2, 0.25) is 23.6 Å². The number of hydrogen-bond acceptors (Lipinski definition) is 10. The van der Waals surface area contributed by atoms with Crippen LogP contribution < -0.4 is 31.9 Å². The molecule has 4 aromatic carbocycles. The van der Waals surface area contributed by atoms with E-state index in [1.54, 1.807) is 66.7 Å². The van der Waals surface area contributed by atoms with Gasteiger partial charge in [0.25, 0.3) is 17.7 Å². The summed E-state index contributed by atoms with van der Waals surface area (Å²) in [6.07, 6.45) is 3.78. The van der Waals surface area contributed by atoms with Crippen LogP contribution in [0.5, 0.6) is 0 Å². The highest BCUT2D eigenvalue weighted by Gasteiger charge is 2.72. The maximum absolute atomic E-state index is 16.2. The van der Waals surface area contributed by atoms with Crippen molar-refractivity contribution in [3.63, 3.8) is 0 Å². The van der Waals surface area contributed by atoms with E-state index >= 15 is 4.39 Å². The highest BCUT2D eigenvalue weighted by atomic mass is 35.5. The van der Waals surface area contributed by atoms with Crippen LogP contribution in [0.25, 0.3) is 0 Å². The maximum atomic E-state index is 16.2. The normalized spacial score (nSPS) is 23.0. The van der Waals surface area contributed by atoms with Crippen molar-refractivity contribution in [2.45, 2.75) is 73.9 Å². The van der Waals surface area contributed by atoms with Crippen LogP contribution in [-0.2, 0) is 29.3 Å². The second-order valence-electron chi connectivity index (χ2n) is 16.9. The molecule has 0 radical (unpaired) electrons. The first-order valence-corrected chi connectivity index (χ1v) is 22.3. The van der Waals surface area contributed by atoms with Crippen LogP contribution in [0.3, 0.4) is 0 Å². The molecule has 4 heterocycles. The van der Waals surface area contributed by atoms with Gasteiger partial charge >= 0.3 is 0 Å². The predicted molar refractivity (Wildman–Crippen MR) is 238 cm³/mol. The van der Waals surface area contributed by atoms with E-state index in [2.05, 4.69) is 31.9 Å². The van der Waals surface area contributed by atoms with Crippen LogP contribution in [0.15, 0.2) is 78.9 Å². The number of carbonyl (C=O) groups excluding carboxylic acids is 7. The van der Waals surface area contributed by atoms with Gasteiger partial charge in [-0.3, -0.25) is 49.1 Å². The molecule has 336 valence electrons. The van der Waals surface area contributed by atoms with Gasteiger partial charge in [0.05, 0.1) is 35.4 Å². The summed E-state index contributed by atoms with van der Waals surface area (Å²) in [5.41, 5.74) is 0.443. The molecule has 2 spiro atoms. The van der Waals surface area contributed by atoms with Gasteiger partial charge in [-0.1, -0.05) is 66.7 Å². The molecule has 4 aliphatic heterocycles. The molecule has 1 saturated carbocycles. The van der Waals surface area contributed by atoms with Crippen molar-refractivity contribution in [1.29, 1.82) is 0 Å². The number of nitrogens with zero attached hydrogens (tertiary/aromatic N) is 1. The molecule has 1 unspecified atom stereocenters. The molecule has 9 rings (SSSR count). The Bertz CT molecular complexity index is 2660. The molecule has 2 saturated heterocycles. The number of benzene rings is 4. The number of nitrogens with one attached hydrogen (secondary N) is 6. The summed E-state index contributed by atoms with van der Waals surface area (Å²) in [6, 6.07) is 18.8. The van der Waals surface area contributed by atoms with Gasteiger partial charge in [0.15, 0.2) is 0 Å². The molecule has 6 N–H and O–H groups in total.